The molecule has 0 amide bonds. The zero-order valence-corrected chi connectivity index (χ0v) is 17.3. The maximum Gasteiger partial charge on any atom is 0.223 e. The summed E-state index contributed by atoms with van der Waals surface area (Å²) in [5, 5.41) is 0. The predicted octanol–water partition coefficient (Wildman–Crippen LogP) is 4.15. The van der Waals surface area contributed by atoms with Crippen LogP contribution in [0.4, 0.5) is 5.69 Å². The van der Waals surface area contributed by atoms with Gasteiger partial charge in [0.2, 0.25) is 5.96 Å². The van der Waals surface area contributed by atoms with Crippen LogP contribution < -0.4 is 17.2 Å². The van der Waals surface area contributed by atoms with Crippen molar-refractivity contribution >= 4 is 73.6 Å². The smallest absolute Gasteiger partial charge is 0.223 e. The summed E-state index contributed by atoms with van der Waals surface area (Å²) in [6.07, 6.45) is 0. The van der Waals surface area contributed by atoms with Crippen molar-refractivity contribution in [1.82, 2.24) is 0 Å². The van der Waals surface area contributed by atoms with Gasteiger partial charge in [0.1, 0.15) is 0 Å². The van der Waals surface area contributed by atoms with Gasteiger partial charge in [0.05, 0.1) is 5.69 Å². The number of hydrogen-bond acceptors (Lipinski definition) is 2. The molecule has 6 N–H and O–H groups in total. The third kappa shape index (κ3) is 7.12. The zero-order chi connectivity index (χ0) is 16.8. The lowest BCUT2D eigenvalue weighted by atomic mass is 10.2. The molecule has 0 atom stereocenters. The molecule has 0 bridgehead atoms. The minimum atomic E-state index is -0.114. The van der Waals surface area contributed by atoms with Gasteiger partial charge in [-0.3, -0.25) is 0 Å². The molecule has 0 aliphatic heterocycles. The zero-order valence-electron chi connectivity index (χ0n) is 12.4. The number of thioether (sulfide) groups is 1. The molecule has 0 saturated heterocycles. The molecule has 0 aliphatic rings. The molecule has 128 valence electrons. The topological polar surface area (TPSA) is 103 Å². The minimum Gasteiger partial charge on any atom is -0.370 e. The van der Waals surface area contributed by atoms with Crippen molar-refractivity contribution in [2.75, 3.05) is 0 Å². The summed E-state index contributed by atoms with van der Waals surface area (Å²) < 4.78 is 2.09. The Kier molecular flexibility index (Phi) is 8.61. The summed E-state index contributed by atoms with van der Waals surface area (Å²) in [5.41, 5.74) is 18.1. The van der Waals surface area contributed by atoms with Crippen LogP contribution in [0.15, 0.2) is 66.3 Å². The molecule has 0 radical (unpaired) electrons. The van der Waals surface area contributed by atoms with E-state index in [9.17, 15) is 0 Å². The highest BCUT2D eigenvalue weighted by Gasteiger charge is 2.01. The number of aliphatic imine (C=N–C) groups is 2. The molecule has 24 heavy (non-hydrogen) atoms. The molecule has 9 heteroatoms. The molecule has 2 aromatic carbocycles. The fraction of sp³-hybridized carbons (Fsp3) is 0.0667. The number of hydrogen-bond donors (Lipinski definition) is 3. The summed E-state index contributed by atoms with van der Waals surface area (Å²) in [4.78, 5) is 8.94. The average Bonchev–Trinajstić information content (AvgIpc) is 2.43. The molecule has 0 saturated carbocycles. The molecule has 2 rings (SSSR count). The van der Waals surface area contributed by atoms with Gasteiger partial charge in [-0.15, -0.1) is 24.2 Å². The van der Waals surface area contributed by atoms with Gasteiger partial charge in [0.15, 0.2) is 5.96 Å². The largest absolute Gasteiger partial charge is 0.370 e. The van der Waals surface area contributed by atoms with Gasteiger partial charge in [-0.25, -0.2) is 4.99 Å². The van der Waals surface area contributed by atoms with Crippen molar-refractivity contribution in [2.45, 2.75) is 10.6 Å². The number of benzene rings is 2. The number of halogens is 3. The van der Waals surface area contributed by atoms with E-state index >= 15 is 0 Å². The molecule has 0 fully saturated rings. The van der Waals surface area contributed by atoms with E-state index in [-0.39, 0.29) is 24.3 Å². The average molecular weight is 494 g/mol. The van der Waals surface area contributed by atoms with Crippen molar-refractivity contribution in [1.29, 1.82) is 0 Å². The van der Waals surface area contributed by atoms with Gasteiger partial charge >= 0.3 is 0 Å². The molecule has 0 unspecified atom stereocenters. The van der Waals surface area contributed by atoms with Crippen LogP contribution in [0.1, 0.15) is 5.56 Å². The lowest BCUT2D eigenvalue weighted by Gasteiger charge is -2.05. The highest BCUT2D eigenvalue weighted by Crippen LogP contribution is 2.29. The van der Waals surface area contributed by atoms with Crippen molar-refractivity contribution in [2.24, 2.45) is 27.2 Å². The van der Waals surface area contributed by atoms with Gasteiger partial charge in [0.25, 0.3) is 0 Å². The Labute approximate surface area is 167 Å². The molecule has 5 nitrogen and oxygen atoms in total. The van der Waals surface area contributed by atoms with Crippen molar-refractivity contribution in [3.8, 4) is 0 Å². The van der Waals surface area contributed by atoms with Crippen LogP contribution in [0, 0.1) is 0 Å². The van der Waals surface area contributed by atoms with E-state index in [0.717, 1.165) is 19.6 Å². The van der Waals surface area contributed by atoms with E-state index in [4.69, 9.17) is 17.2 Å². The Morgan fingerprint density at radius 2 is 1.67 bits per heavy atom. The van der Waals surface area contributed by atoms with E-state index in [1.807, 2.05) is 30.3 Å². The Morgan fingerprint density at radius 3 is 2.29 bits per heavy atom. The first-order valence-electron chi connectivity index (χ1n) is 6.54. The molecular weight excluding hydrogens is 478 g/mol. The van der Waals surface area contributed by atoms with Crippen LogP contribution in [-0.2, 0) is 5.75 Å². The summed E-state index contributed by atoms with van der Waals surface area (Å²) in [7, 11) is 0. The first-order chi connectivity index (χ1) is 10.9. The SMILES string of the molecule is Cl.NC(N)=NC(N)=Nc1cccc(SCc2cc(Br)cc(Br)c2)c1. The number of nitrogens with zero attached hydrogens (tertiary/aromatic N) is 2. The Hall–Kier alpha value is -1.22. The van der Waals surface area contributed by atoms with E-state index in [0.29, 0.717) is 5.69 Å². The van der Waals surface area contributed by atoms with Crippen LogP contribution in [0.3, 0.4) is 0 Å². The quantitative estimate of drug-likeness (QED) is 0.338. The summed E-state index contributed by atoms with van der Waals surface area (Å²) in [5.74, 6) is 0.759. The van der Waals surface area contributed by atoms with Crippen LogP contribution in [0.25, 0.3) is 0 Å². The highest BCUT2D eigenvalue weighted by atomic mass is 79.9. The lowest BCUT2D eigenvalue weighted by molar-refractivity contribution is 1.33. The maximum absolute atomic E-state index is 5.64. The van der Waals surface area contributed by atoms with Gasteiger partial charge in [-0.2, -0.15) is 4.99 Å². The lowest BCUT2D eigenvalue weighted by Crippen LogP contribution is -2.26. The number of nitrogens with two attached hydrogens (primary N) is 3. The van der Waals surface area contributed by atoms with Crippen molar-refractivity contribution in [3.05, 3.63) is 57.0 Å². The molecule has 0 spiro atoms. The summed E-state index contributed by atoms with van der Waals surface area (Å²) >= 11 is 8.70. The van der Waals surface area contributed by atoms with E-state index in [1.54, 1.807) is 11.8 Å². The van der Waals surface area contributed by atoms with E-state index < -0.39 is 0 Å². The van der Waals surface area contributed by atoms with E-state index in [1.165, 1.54) is 5.56 Å². The molecule has 2 aromatic rings. The minimum absolute atomic E-state index is 0. The van der Waals surface area contributed by atoms with Crippen LogP contribution >= 0.6 is 56.0 Å². The van der Waals surface area contributed by atoms with Crippen molar-refractivity contribution in [3.63, 3.8) is 0 Å². The second-order valence-electron chi connectivity index (χ2n) is 4.57. The third-order valence-electron chi connectivity index (χ3n) is 2.63. The standard InChI is InChI=1S/C15H15Br2N5S.ClH/c16-10-4-9(5-11(17)6-10)8-23-13-3-1-2-12(7-13)21-15(20)22-14(18)19;/h1-7H,8H2,(H6,18,19,20,21,22);1H. The Bertz CT molecular complexity index is 743. The second-order valence-corrected chi connectivity index (χ2v) is 7.45. The first kappa shape index (κ1) is 20.8. The van der Waals surface area contributed by atoms with Crippen molar-refractivity contribution < 1.29 is 0 Å². The Balaban J connectivity index is 0.00000288. The molecule has 0 aromatic heterocycles. The second kappa shape index (κ2) is 9.93. The fourth-order valence-electron chi connectivity index (χ4n) is 1.79. The fourth-order valence-corrected chi connectivity index (χ4v) is 4.06. The van der Waals surface area contributed by atoms with Crippen LogP contribution in [0.2, 0.25) is 0 Å². The van der Waals surface area contributed by atoms with Gasteiger partial charge in [-0.05, 0) is 42.0 Å². The third-order valence-corrected chi connectivity index (χ3v) is 4.61. The maximum atomic E-state index is 5.64. The summed E-state index contributed by atoms with van der Waals surface area (Å²) in [6, 6.07) is 13.9. The van der Waals surface area contributed by atoms with Crippen LogP contribution in [0.5, 0.6) is 0 Å². The van der Waals surface area contributed by atoms with Crippen LogP contribution in [-0.4, -0.2) is 11.9 Å². The predicted molar refractivity (Wildman–Crippen MR) is 112 cm³/mol. The first-order valence-corrected chi connectivity index (χ1v) is 9.11. The molecule has 0 aliphatic carbocycles. The van der Waals surface area contributed by atoms with Gasteiger partial charge in [-0.1, -0.05) is 37.9 Å². The Morgan fingerprint density at radius 1 is 1.00 bits per heavy atom. The molecular formula is C15H16Br2ClN5S. The number of guanidine groups is 2. The monoisotopic (exact) mass is 491 g/mol. The van der Waals surface area contributed by atoms with E-state index in [2.05, 4.69) is 54.0 Å². The normalized spacial score (nSPS) is 10.8. The molecule has 0 heterocycles. The highest BCUT2D eigenvalue weighted by molar-refractivity contribution is 9.11. The van der Waals surface area contributed by atoms with Gasteiger partial charge in [0, 0.05) is 19.6 Å². The summed E-state index contributed by atoms with van der Waals surface area (Å²) in [6.45, 7) is 0. The van der Waals surface area contributed by atoms with Gasteiger partial charge < -0.3 is 17.2 Å². The number of rotatable bonds is 4.